The van der Waals surface area contributed by atoms with Gasteiger partial charge in [0, 0.05) is 42.7 Å². The van der Waals surface area contributed by atoms with E-state index in [1.807, 2.05) is 42.2 Å². The van der Waals surface area contributed by atoms with Crippen LogP contribution < -0.4 is 5.56 Å². The second-order valence-electron chi connectivity index (χ2n) is 8.19. The number of aromatic nitrogens is 5. The lowest BCUT2D eigenvalue weighted by Gasteiger charge is -2.20. The van der Waals surface area contributed by atoms with Gasteiger partial charge in [0.05, 0.1) is 20.8 Å². The quantitative estimate of drug-likeness (QED) is 0.258. The molecule has 3 aromatic heterocycles. The third-order valence-electron chi connectivity index (χ3n) is 5.83. The molecule has 0 N–H and O–H groups in total. The van der Waals surface area contributed by atoms with Crippen molar-refractivity contribution in [2.45, 2.75) is 38.1 Å². The Morgan fingerprint density at radius 2 is 2.10 bits per heavy atom. The summed E-state index contributed by atoms with van der Waals surface area (Å²) in [6, 6.07) is 8.48. The number of nitrogens with zero attached hydrogens (tertiary/aromatic N) is 5. The van der Waals surface area contributed by atoms with Crippen molar-refractivity contribution in [1.82, 2.24) is 24.3 Å². The van der Waals surface area contributed by atoms with Crippen molar-refractivity contribution in [3.63, 3.8) is 0 Å². The molecule has 1 fully saturated rings. The maximum absolute atomic E-state index is 13.8. The van der Waals surface area contributed by atoms with E-state index in [1.54, 1.807) is 10.9 Å². The van der Waals surface area contributed by atoms with E-state index in [1.165, 1.54) is 0 Å². The summed E-state index contributed by atoms with van der Waals surface area (Å²) in [6.45, 7) is 2.15. The zero-order valence-electron chi connectivity index (χ0n) is 17.2. The van der Waals surface area contributed by atoms with Crippen LogP contribution >= 0.6 is 34.2 Å². The molecule has 0 spiro atoms. The van der Waals surface area contributed by atoms with Crippen LogP contribution in [0, 0.1) is 3.57 Å². The van der Waals surface area contributed by atoms with Gasteiger partial charge in [-0.1, -0.05) is 25.1 Å². The lowest BCUT2D eigenvalue weighted by molar-refractivity contribution is 0.600. The molecule has 3 heterocycles. The van der Waals surface area contributed by atoms with Gasteiger partial charge in [-0.05, 0) is 70.5 Å². The van der Waals surface area contributed by atoms with Gasteiger partial charge >= 0.3 is 0 Å². The van der Waals surface area contributed by atoms with Gasteiger partial charge in [-0.2, -0.15) is 5.10 Å². The molecule has 1 aliphatic rings. The van der Waals surface area contributed by atoms with Crippen LogP contribution in [0.25, 0.3) is 21.9 Å². The molecule has 0 saturated heterocycles. The Bertz CT molecular complexity index is 1360. The van der Waals surface area contributed by atoms with Gasteiger partial charge in [-0.15, -0.1) is 0 Å². The van der Waals surface area contributed by atoms with E-state index in [0.29, 0.717) is 6.42 Å². The first-order valence-electron chi connectivity index (χ1n) is 10.3. The summed E-state index contributed by atoms with van der Waals surface area (Å²) in [5, 5.41) is 6.26. The summed E-state index contributed by atoms with van der Waals surface area (Å²) in [5.41, 5.74) is 3.93. The highest BCUT2D eigenvalue weighted by atomic mass is 127. The number of rotatable bonds is 5. The van der Waals surface area contributed by atoms with Crippen LogP contribution in [0.2, 0.25) is 5.28 Å². The van der Waals surface area contributed by atoms with Crippen LogP contribution in [0.4, 0.5) is 0 Å². The highest BCUT2D eigenvalue weighted by Crippen LogP contribution is 2.38. The molecular weight excluding hydrogens is 525 g/mol. The van der Waals surface area contributed by atoms with Crippen LogP contribution in [0.1, 0.15) is 43.1 Å². The minimum Gasteiger partial charge on any atom is -0.309 e. The molecule has 31 heavy (non-hydrogen) atoms. The van der Waals surface area contributed by atoms with Gasteiger partial charge in [-0.25, -0.2) is 9.97 Å². The van der Waals surface area contributed by atoms with Gasteiger partial charge in [-0.3, -0.25) is 9.48 Å². The predicted molar refractivity (Wildman–Crippen MR) is 131 cm³/mol. The maximum atomic E-state index is 13.8. The van der Waals surface area contributed by atoms with E-state index in [4.69, 9.17) is 11.6 Å². The highest BCUT2D eigenvalue weighted by molar-refractivity contribution is 14.1. The fourth-order valence-electron chi connectivity index (χ4n) is 4.20. The van der Waals surface area contributed by atoms with E-state index < -0.39 is 0 Å². The Morgan fingerprint density at radius 1 is 1.29 bits per heavy atom. The molecular formula is C23H21ClIN5O. The number of aryl methyl sites for hydroxylation is 1. The molecule has 6 nitrogen and oxygen atoms in total. The molecule has 0 radical (unpaired) electrons. The van der Waals surface area contributed by atoms with Crippen LogP contribution in [0.3, 0.4) is 0 Å². The normalized spacial score (nSPS) is 14.8. The summed E-state index contributed by atoms with van der Waals surface area (Å²) in [5.74, 6) is 0.110. The Kier molecular flexibility index (Phi) is 5.34. The molecule has 5 rings (SSSR count). The average Bonchev–Trinajstić information content (AvgIpc) is 3.49. The molecule has 0 amide bonds. The summed E-state index contributed by atoms with van der Waals surface area (Å²) in [4.78, 5) is 22.3. The minimum absolute atomic E-state index is 0.0803. The Labute approximate surface area is 198 Å². The molecule has 1 aliphatic carbocycles. The van der Waals surface area contributed by atoms with Gasteiger partial charge < -0.3 is 4.57 Å². The smallest absolute Gasteiger partial charge is 0.259 e. The van der Waals surface area contributed by atoms with Crippen molar-refractivity contribution < 1.29 is 0 Å². The third-order valence-corrected chi connectivity index (χ3v) is 6.91. The zero-order chi connectivity index (χ0) is 21.7. The number of pyridine rings is 1. The van der Waals surface area contributed by atoms with Crippen molar-refractivity contribution >= 4 is 45.0 Å². The fourth-order valence-corrected chi connectivity index (χ4v) is 4.83. The number of fused-ring (bicyclic) bond motifs is 1. The molecule has 0 bridgehead atoms. The van der Waals surface area contributed by atoms with Crippen molar-refractivity contribution in [2.75, 3.05) is 0 Å². The Hall–Kier alpha value is -2.26. The van der Waals surface area contributed by atoms with Crippen LogP contribution in [0.15, 0.2) is 47.7 Å². The summed E-state index contributed by atoms with van der Waals surface area (Å²) in [6.07, 6.45) is 8.28. The van der Waals surface area contributed by atoms with Crippen molar-refractivity contribution in [1.29, 1.82) is 0 Å². The number of hydrogen-bond acceptors (Lipinski definition) is 4. The second kappa shape index (κ2) is 8.02. The monoisotopic (exact) mass is 545 g/mol. The van der Waals surface area contributed by atoms with Crippen molar-refractivity contribution in [3.8, 4) is 11.1 Å². The van der Waals surface area contributed by atoms with Crippen LogP contribution in [-0.2, 0) is 13.5 Å². The van der Waals surface area contributed by atoms with Gasteiger partial charge in [0.25, 0.3) is 5.56 Å². The van der Waals surface area contributed by atoms with E-state index >= 15 is 0 Å². The van der Waals surface area contributed by atoms with E-state index in [-0.39, 0.29) is 22.8 Å². The van der Waals surface area contributed by atoms with Crippen LogP contribution in [-0.4, -0.2) is 24.3 Å². The number of benzene rings is 1. The second-order valence-corrected chi connectivity index (χ2v) is 9.69. The summed E-state index contributed by atoms with van der Waals surface area (Å²) >= 11 is 8.27. The topological polar surface area (TPSA) is 65.6 Å². The van der Waals surface area contributed by atoms with E-state index in [2.05, 4.69) is 50.6 Å². The minimum atomic E-state index is 0.0803. The lowest BCUT2D eigenvalue weighted by atomic mass is 9.95. The lowest BCUT2D eigenvalue weighted by Crippen LogP contribution is -2.25. The first kappa shape index (κ1) is 20.6. The first-order chi connectivity index (χ1) is 14.9. The van der Waals surface area contributed by atoms with Gasteiger partial charge in [0.15, 0.2) is 0 Å². The zero-order valence-corrected chi connectivity index (χ0v) is 20.1. The molecule has 0 unspecified atom stereocenters. The van der Waals surface area contributed by atoms with Crippen molar-refractivity contribution in [3.05, 3.63) is 73.5 Å². The summed E-state index contributed by atoms with van der Waals surface area (Å²) in [7, 11) is 1.89. The van der Waals surface area contributed by atoms with Crippen molar-refractivity contribution in [2.24, 2.45) is 7.05 Å². The molecule has 4 aromatic rings. The predicted octanol–water partition coefficient (Wildman–Crippen LogP) is 5.13. The highest BCUT2D eigenvalue weighted by Gasteiger charge is 2.30. The fraction of sp³-hybridized carbons (Fsp3) is 0.304. The molecule has 1 aromatic carbocycles. The largest absolute Gasteiger partial charge is 0.309 e. The molecule has 0 aliphatic heterocycles. The molecule has 1 atom stereocenters. The standard InChI is InChI=1S/C23H21ClIN5O/c1-13(8-19-18(25)11-26-23(24)28-19)20-9-14-4-3-5-17(15-10-27-29(2)12-15)21(14)22(31)30(20)16-6-7-16/h3-5,9-13,16H,6-8H2,1-2H3/t13-/m1/s1. The van der Waals surface area contributed by atoms with E-state index in [9.17, 15) is 4.79 Å². The third kappa shape index (κ3) is 3.89. The number of halogens is 2. The van der Waals surface area contributed by atoms with E-state index in [0.717, 1.165) is 49.7 Å². The summed E-state index contributed by atoms with van der Waals surface area (Å²) < 4.78 is 4.76. The molecule has 158 valence electrons. The molecule has 1 saturated carbocycles. The van der Waals surface area contributed by atoms with Crippen LogP contribution in [0.5, 0.6) is 0 Å². The Balaban J connectivity index is 1.66. The first-order valence-corrected chi connectivity index (χ1v) is 11.7. The maximum Gasteiger partial charge on any atom is 0.259 e. The Morgan fingerprint density at radius 3 is 2.81 bits per heavy atom. The average molecular weight is 546 g/mol. The number of hydrogen-bond donors (Lipinski definition) is 0. The van der Waals surface area contributed by atoms with Gasteiger partial charge in [0.1, 0.15) is 0 Å². The van der Waals surface area contributed by atoms with Gasteiger partial charge in [0.2, 0.25) is 5.28 Å². The molecule has 8 heteroatoms. The SMILES string of the molecule is C[C@H](Cc1nc(Cl)ncc1I)c1cc2cccc(-c3cnn(C)c3)c2c(=O)n1C1CC1.